The highest BCUT2D eigenvalue weighted by Gasteiger charge is 2.23. The van der Waals surface area contributed by atoms with E-state index in [9.17, 15) is 19.5 Å². The number of anilines is 1. The summed E-state index contributed by atoms with van der Waals surface area (Å²) in [6.45, 7) is 4.33. The van der Waals surface area contributed by atoms with Crippen molar-refractivity contribution >= 4 is 44.9 Å². The molecule has 2 heterocycles. The highest BCUT2D eigenvalue weighted by molar-refractivity contribution is 7.20. The van der Waals surface area contributed by atoms with Gasteiger partial charge in [0, 0.05) is 28.8 Å². The van der Waals surface area contributed by atoms with Crippen molar-refractivity contribution in [2.24, 2.45) is 5.92 Å². The van der Waals surface area contributed by atoms with E-state index in [1.54, 1.807) is 42.9 Å². The van der Waals surface area contributed by atoms with Crippen molar-refractivity contribution in [1.29, 1.82) is 5.26 Å². The van der Waals surface area contributed by atoms with Crippen LogP contribution in [0.4, 0.5) is 5.69 Å². The molecule has 2 amide bonds. The second-order valence-electron chi connectivity index (χ2n) is 9.40. The summed E-state index contributed by atoms with van der Waals surface area (Å²) in [6.07, 6.45) is 3.79. The average Bonchev–Trinajstić information content (AvgIpc) is 3.50. The maximum Gasteiger partial charge on any atom is 0.326 e. The first-order valence-electron chi connectivity index (χ1n) is 12.1. The van der Waals surface area contributed by atoms with E-state index in [1.165, 1.54) is 11.3 Å². The molecule has 194 valence electrons. The van der Waals surface area contributed by atoms with Gasteiger partial charge < -0.3 is 20.3 Å². The molecule has 1 atom stereocenters. The van der Waals surface area contributed by atoms with E-state index in [4.69, 9.17) is 5.26 Å². The molecular formula is C28H27N5O4S. The van der Waals surface area contributed by atoms with Crippen molar-refractivity contribution < 1.29 is 19.5 Å². The van der Waals surface area contributed by atoms with E-state index < -0.39 is 17.9 Å². The van der Waals surface area contributed by atoms with Crippen molar-refractivity contribution in [3.63, 3.8) is 0 Å². The summed E-state index contributed by atoms with van der Waals surface area (Å²) in [5.41, 5.74) is 2.92. The van der Waals surface area contributed by atoms with Gasteiger partial charge in [-0.2, -0.15) is 5.26 Å². The lowest BCUT2D eigenvalue weighted by atomic mass is 10.0. The number of carboxylic acids is 1. The quantitative estimate of drug-likeness (QED) is 0.278. The summed E-state index contributed by atoms with van der Waals surface area (Å²) in [7, 11) is 0. The minimum atomic E-state index is -1.06. The standard InChI is InChI=1S/C28H27N5O4S/c1-17(2)9-23(28(36)37)32-27(35)25-11-20-10-21(7-8-24(20)38-25)31-26(34)12-22-14-30-16-33(22)15-19-5-3-18(13-29)4-6-19/h3-8,10-11,14,16-17,23H,9,12,15H2,1-2H3,(H,31,34)(H,32,35)(H,36,37)/t23-/m0/s1. The molecule has 2 aromatic heterocycles. The molecule has 3 N–H and O–H groups in total. The van der Waals surface area contributed by atoms with Crippen LogP contribution < -0.4 is 10.6 Å². The van der Waals surface area contributed by atoms with Crippen LogP contribution in [0.25, 0.3) is 10.1 Å². The minimum absolute atomic E-state index is 0.123. The fourth-order valence-corrected chi connectivity index (χ4v) is 4.99. The van der Waals surface area contributed by atoms with Crippen LogP contribution in [0, 0.1) is 17.2 Å². The van der Waals surface area contributed by atoms with Crippen molar-refractivity contribution in [2.45, 2.75) is 39.3 Å². The Balaban J connectivity index is 1.40. The monoisotopic (exact) mass is 529 g/mol. The normalized spacial score (nSPS) is 11.7. The first-order chi connectivity index (χ1) is 18.2. The second-order valence-corrected chi connectivity index (χ2v) is 10.5. The van der Waals surface area contributed by atoms with Crippen molar-refractivity contribution in [1.82, 2.24) is 14.9 Å². The van der Waals surface area contributed by atoms with Crippen LogP contribution in [0.3, 0.4) is 0 Å². The van der Waals surface area contributed by atoms with Gasteiger partial charge in [0.25, 0.3) is 5.91 Å². The van der Waals surface area contributed by atoms with Gasteiger partial charge in [-0.05, 0) is 59.7 Å². The predicted molar refractivity (Wildman–Crippen MR) is 145 cm³/mol. The molecule has 4 rings (SSSR count). The maximum atomic E-state index is 12.8. The first-order valence-corrected chi connectivity index (χ1v) is 12.9. The number of rotatable bonds is 10. The molecule has 2 aromatic carbocycles. The molecule has 0 unspecified atom stereocenters. The number of benzene rings is 2. The van der Waals surface area contributed by atoms with Gasteiger partial charge in [-0.1, -0.05) is 26.0 Å². The summed E-state index contributed by atoms with van der Waals surface area (Å²) < 4.78 is 2.74. The lowest BCUT2D eigenvalue weighted by molar-refractivity contribution is -0.139. The van der Waals surface area contributed by atoms with Gasteiger partial charge in [0.15, 0.2) is 0 Å². The van der Waals surface area contributed by atoms with E-state index in [1.807, 2.05) is 36.6 Å². The minimum Gasteiger partial charge on any atom is -0.480 e. The Morgan fingerprint density at radius 3 is 2.58 bits per heavy atom. The molecular weight excluding hydrogens is 502 g/mol. The molecule has 0 aliphatic rings. The van der Waals surface area contributed by atoms with Crippen LogP contribution in [0.5, 0.6) is 0 Å². The third-order valence-corrected chi connectivity index (χ3v) is 7.03. The fourth-order valence-electron chi connectivity index (χ4n) is 4.04. The van der Waals surface area contributed by atoms with Gasteiger partial charge in [0.1, 0.15) is 6.04 Å². The number of carbonyl (C=O) groups is 3. The van der Waals surface area contributed by atoms with Crippen molar-refractivity contribution in [2.75, 3.05) is 5.32 Å². The summed E-state index contributed by atoms with van der Waals surface area (Å²) in [5.74, 6) is -1.58. The Morgan fingerprint density at radius 2 is 1.89 bits per heavy atom. The molecule has 0 aliphatic carbocycles. The number of nitrogens with zero attached hydrogens (tertiary/aromatic N) is 3. The number of carboxylic acid groups (broad SMARTS) is 1. The predicted octanol–water partition coefficient (Wildman–Crippen LogP) is 4.43. The molecule has 0 saturated carbocycles. The van der Waals surface area contributed by atoms with E-state index in [-0.39, 0.29) is 18.2 Å². The Kier molecular flexibility index (Phi) is 8.19. The van der Waals surface area contributed by atoms with Gasteiger partial charge >= 0.3 is 5.97 Å². The number of aromatic nitrogens is 2. The molecule has 0 spiro atoms. The zero-order valence-corrected chi connectivity index (χ0v) is 21.8. The molecule has 0 saturated heterocycles. The summed E-state index contributed by atoms with van der Waals surface area (Å²) in [4.78, 5) is 41.6. The molecule has 4 aromatic rings. The van der Waals surface area contributed by atoms with Gasteiger partial charge in [-0.3, -0.25) is 9.59 Å². The molecule has 9 nitrogen and oxygen atoms in total. The third-order valence-electron chi connectivity index (χ3n) is 5.91. The van der Waals surface area contributed by atoms with Crippen LogP contribution in [0.2, 0.25) is 0 Å². The molecule has 0 aliphatic heterocycles. The van der Waals surface area contributed by atoms with E-state index in [0.717, 1.165) is 21.3 Å². The zero-order chi connectivity index (χ0) is 27.2. The highest BCUT2D eigenvalue weighted by atomic mass is 32.1. The number of thiophene rings is 1. The van der Waals surface area contributed by atoms with Gasteiger partial charge in [-0.25, -0.2) is 9.78 Å². The smallest absolute Gasteiger partial charge is 0.326 e. The zero-order valence-electron chi connectivity index (χ0n) is 21.0. The van der Waals surface area contributed by atoms with Crippen LogP contribution >= 0.6 is 11.3 Å². The SMILES string of the molecule is CC(C)C[C@H](NC(=O)c1cc2cc(NC(=O)Cc3cncn3Cc3ccc(C#N)cc3)ccc2s1)C(=O)O. The van der Waals surface area contributed by atoms with E-state index >= 15 is 0 Å². The van der Waals surface area contributed by atoms with Crippen molar-refractivity contribution in [3.05, 3.63) is 82.8 Å². The maximum absolute atomic E-state index is 12.8. The summed E-state index contributed by atoms with van der Waals surface area (Å²) >= 11 is 1.27. The molecule has 0 radical (unpaired) electrons. The number of imidazole rings is 1. The number of hydrogen-bond acceptors (Lipinski definition) is 6. The number of nitrogens with one attached hydrogen (secondary N) is 2. The second kappa shape index (κ2) is 11.7. The number of carbonyl (C=O) groups excluding carboxylic acids is 2. The van der Waals surface area contributed by atoms with Gasteiger partial charge in [0.05, 0.1) is 29.3 Å². The fraction of sp³-hybridized carbons (Fsp3) is 0.250. The van der Waals surface area contributed by atoms with E-state index in [2.05, 4.69) is 21.7 Å². The number of nitriles is 1. The van der Waals surface area contributed by atoms with E-state index in [0.29, 0.717) is 29.1 Å². The molecule has 0 fully saturated rings. The average molecular weight is 530 g/mol. The Hall–Kier alpha value is -4.49. The Morgan fingerprint density at radius 1 is 1.13 bits per heavy atom. The molecule has 38 heavy (non-hydrogen) atoms. The number of amides is 2. The van der Waals surface area contributed by atoms with Crippen LogP contribution in [0.1, 0.15) is 46.8 Å². The largest absolute Gasteiger partial charge is 0.480 e. The Labute approximate surface area is 223 Å². The van der Waals surface area contributed by atoms with Gasteiger partial charge in [0.2, 0.25) is 5.91 Å². The lowest BCUT2D eigenvalue weighted by Crippen LogP contribution is -2.41. The molecule has 10 heteroatoms. The molecule has 0 bridgehead atoms. The van der Waals surface area contributed by atoms with Crippen LogP contribution in [-0.2, 0) is 22.6 Å². The number of aliphatic carboxylic acids is 1. The lowest BCUT2D eigenvalue weighted by Gasteiger charge is -2.15. The summed E-state index contributed by atoms with van der Waals surface area (Å²) in [6, 6.07) is 15.5. The van der Waals surface area contributed by atoms with Crippen LogP contribution in [0.15, 0.2) is 61.1 Å². The topological polar surface area (TPSA) is 137 Å². The van der Waals surface area contributed by atoms with Crippen molar-refractivity contribution in [3.8, 4) is 6.07 Å². The third kappa shape index (κ3) is 6.63. The van der Waals surface area contributed by atoms with Gasteiger partial charge in [-0.15, -0.1) is 11.3 Å². The Bertz CT molecular complexity index is 1510. The number of fused-ring (bicyclic) bond motifs is 1. The summed E-state index contributed by atoms with van der Waals surface area (Å²) in [5, 5.41) is 24.7. The van der Waals surface area contributed by atoms with Crippen LogP contribution in [-0.4, -0.2) is 38.5 Å². The number of hydrogen-bond donors (Lipinski definition) is 3. The highest BCUT2D eigenvalue weighted by Crippen LogP contribution is 2.28. The first kappa shape index (κ1) is 26.6.